The van der Waals surface area contributed by atoms with Gasteiger partial charge < -0.3 is 10.1 Å². The fourth-order valence-corrected chi connectivity index (χ4v) is 2.32. The molecule has 1 atom stereocenters. The number of ketones is 1. The van der Waals surface area contributed by atoms with E-state index in [9.17, 15) is 9.59 Å². The molecule has 0 aromatic carbocycles. The van der Waals surface area contributed by atoms with Crippen molar-refractivity contribution in [1.29, 1.82) is 0 Å². The zero-order valence-electron chi connectivity index (χ0n) is 8.12. The van der Waals surface area contributed by atoms with Crippen molar-refractivity contribution in [1.82, 2.24) is 5.32 Å². The van der Waals surface area contributed by atoms with Crippen molar-refractivity contribution in [2.75, 3.05) is 6.61 Å². The first-order valence-electron chi connectivity index (χ1n) is 5.23. The van der Waals surface area contributed by atoms with Gasteiger partial charge in [-0.2, -0.15) is 0 Å². The number of nitrogens with one attached hydrogen (secondary N) is 1. The Balaban J connectivity index is 1.99. The smallest absolute Gasteiger partial charge is 0.408 e. The number of carbonyl (C=O) groups excluding carboxylic acids is 2. The molecule has 78 valence electrons. The molecule has 1 saturated heterocycles. The number of hydrogen-bond acceptors (Lipinski definition) is 3. The van der Waals surface area contributed by atoms with Gasteiger partial charge in [0.1, 0.15) is 0 Å². The minimum absolute atomic E-state index is 0.0245. The van der Waals surface area contributed by atoms with Crippen LogP contribution in [-0.2, 0) is 9.53 Å². The van der Waals surface area contributed by atoms with E-state index >= 15 is 0 Å². The lowest BCUT2D eigenvalue weighted by atomic mass is 9.82. The van der Waals surface area contributed by atoms with E-state index in [-0.39, 0.29) is 18.4 Å². The predicted molar refractivity (Wildman–Crippen MR) is 49.9 cm³/mol. The van der Waals surface area contributed by atoms with E-state index in [1.54, 1.807) is 0 Å². The van der Waals surface area contributed by atoms with Gasteiger partial charge in [-0.25, -0.2) is 4.79 Å². The summed E-state index contributed by atoms with van der Waals surface area (Å²) in [5.41, 5.74) is 0. The van der Waals surface area contributed by atoms with Crippen LogP contribution in [0.2, 0.25) is 0 Å². The van der Waals surface area contributed by atoms with E-state index in [4.69, 9.17) is 0 Å². The summed E-state index contributed by atoms with van der Waals surface area (Å²) in [6.45, 7) is -0.0486. The molecule has 14 heavy (non-hydrogen) atoms. The largest absolute Gasteiger partial charge is 0.441 e. The molecule has 1 aliphatic heterocycles. The van der Waals surface area contributed by atoms with Crippen molar-refractivity contribution < 1.29 is 14.3 Å². The molecular formula is C10H15NO3. The SMILES string of the molecule is O=C1N[C@@H](C2CCCCC2)C(=O)CO1. The van der Waals surface area contributed by atoms with Crippen molar-refractivity contribution in [3.63, 3.8) is 0 Å². The lowest BCUT2D eigenvalue weighted by molar-refractivity contribution is -0.127. The molecule has 4 heteroatoms. The molecule has 1 aliphatic carbocycles. The van der Waals surface area contributed by atoms with Crippen LogP contribution in [0.5, 0.6) is 0 Å². The first-order chi connectivity index (χ1) is 6.77. The summed E-state index contributed by atoms with van der Waals surface area (Å²) >= 11 is 0. The van der Waals surface area contributed by atoms with Crippen LogP contribution in [0.3, 0.4) is 0 Å². The van der Waals surface area contributed by atoms with Gasteiger partial charge in [0.2, 0.25) is 0 Å². The number of hydrogen-bond donors (Lipinski definition) is 1. The average molecular weight is 197 g/mol. The molecule has 4 nitrogen and oxygen atoms in total. The predicted octanol–water partition coefficient (Wildman–Crippen LogP) is 1.24. The van der Waals surface area contributed by atoms with E-state index in [0.29, 0.717) is 5.92 Å². The molecule has 1 saturated carbocycles. The number of carbonyl (C=O) groups is 2. The number of cyclic esters (lactones) is 1. The molecular weight excluding hydrogens is 182 g/mol. The van der Waals surface area contributed by atoms with Crippen LogP contribution >= 0.6 is 0 Å². The third-order valence-corrected chi connectivity index (χ3v) is 3.09. The number of amides is 1. The van der Waals surface area contributed by atoms with Gasteiger partial charge >= 0.3 is 6.09 Å². The van der Waals surface area contributed by atoms with E-state index in [2.05, 4.69) is 10.1 Å². The van der Waals surface area contributed by atoms with Gasteiger partial charge in [-0.3, -0.25) is 4.79 Å². The highest BCUT2D eigenvalue weighted by atomic mass is 16.6. The highest BCUT2D eigenvalue weighted by Crippen LogP contribution is 2.27. The molecule has 2 fully saturated rings. The maximum absolute atomic E-state index is 11.5. The Bertz CT molecular complexity index is 246. The molecule has 0 bridgehead atoms. The van der Waals surface area contributed by atoms with Gasteiger partial charge in [0, 0.05) is 0 Å². The second-order valence-corrected chi connectivity index (χ2v) is 4.06. The number of Topliss-reactive ketones (excluding diaryl/α,β-unsaturated/α-hetero) is 1. The Kier molecular flexibility index (Phi) is 2.70. The summed E-state index contributed by atoms with van der Waals surface area (Å²) in [4.78, 5) is 22.5. The zero-order valence-corrected chi connectivity index (χ0v) is 8.12. The lowest BCUT2D eigenvalue weighted by Crippen LogP contribution is -2.52. The zero-order chi connectivity index (χ0) is 9.97. The summed E-state index contributed by atoms with van der Waals surface area (Å²) in [7, 11) is 0. The number of ether oxygens (including phenoxy) is 1. The second-order valence-electron chi connectivity index (χ2n) is 4.06. The van der Waals surface area contributed by atoms with Crippen LogP contribution in [0.25, 0.3) is 0 Å². The van der Waals surface area contributed by atoms with E-state index in [1.165, 1.54) is 19.3 Å². The third-order valence-electron chi connectivity index (χ3n) is 3.09. The maximum Gasteiger partial charge on any atom is 0.408 e. The highest BCUT2D eigenvalue weighted by Gasteiger charge is 2.34. The maximum atomic E-state index is 11.5. The number of alkyl carbamates (subject to hydrolysis) is 1. The Morgan fingerprint density at radius 1 is 1.14 bits per heavy atom. The monoisotopic (exact) mass is 197 g/mol. The molecule has 2 rings (SSSR count). The second kappa shape index (κ2) is 3.98. The van der Waals surface area contributed by atoms with Crippen molar-refractivity contribution in [3.8, 4) is 0 Å². The molecule has 0 unspecified atom stereocenters. The molecule has 0 radical (unpaired) electrons. The molecule has 0 aromatic heterocycles. The van der Waals surface area contributed by atoms with Crippen molar-refractivity contribution in [2.45, 2.75) is 38.1 Å². The first-order valence-corrected chi connectivity index (χ1v) is 5.23. The Morgan fingerprint density at radius 2 is 1.86 bits per heavy atom. The molecule has 0 spiro atoms. The number of rotatable bonds is 1. The molecule has 2 aliphatic rings. The Hall–Kier alpha value is -1.06. The van der Waals surface area contributed by atoms with Crippen LogP contribution < -0.4 is 5.32 Å². The molecule has 0 aromatic rings. The van der Waals surface area contributed by atoms with Crippen LogP contribution in [0, 0.1) is 5.92 Å². The fourth-order valence-electron chi connectivity index (χ4n) is 2.32. The average Bonchev–Trinajstić information content (AvgIpc) is 2.23. The van der Waals surface area contributed by atoms with Crippen molar-refractivity contribution in [2.24, 2.45) is 5.92 Å². The topological polar surface area (TPSA) is 55.4 Å². The van der Waals surface area contributed by atoms with Gasteiger partial charge in [-0.15, -0.1) is 0 Å². The van der Waals surface area contributed by atoms with E-state index in [0.717, 1.165) is 12.8 Å². The van der Waals surface area contributed by atoms with E-state index in [1.807, 2.05) is 0 Å². The normalized spacial score (nSPS) is 29.6. The fraction of sp³-hybridized carbons (Fsp3) is 0.800. The van der Waals surface area contributed by atoms with E-state index < -0.39 is 6.09 Å². The summed E-state index contributed by atoms with van der Waals surface area (Å²) in [5, 5.41) is 2.63. The molecule has 1 amide bonds. The van der Waals surface area contributed by atoms with Gasteiger partial charge in [-0.1, -0.05) is 19.3 Å². The van der Waals surface area contributed by atoms with Crippen LogP contribution in [-0.4, -0.2) is 24.5 Å². The Morgan fingerprint density at radius 3 is 2.57 bits per heavy atom. The summed E-state index contributed by atoms with van der Waals surface area (Å²) < 4.78 is 4.61. The van der Waals surface area contributed by atoms with Crippen LogP contribution in [0.1, 0.15) is 32.1 Å². The third kappa shape index (κ3) is 1.89. The van der Waals surface area contributed by atoms with Gasteiger partial charge in [-0.05, 0) is 18.8 Å². The molecule has 1 heterocycles. The summed E-state index contributed by atoms with van der Waals surface area (Å²) in [5.74, 6) is 0.362. The Labute approximate surface area is 83.0 Å². The summed E-state index contributed by atoms with van der Waals surface area (Å²) in [6.07, 6.45) is 5.26. The first kappa shape index (κ1) is 9.49. The summed E-state index contributed by atoms with van der Waals surface area (Å²) in [6, 6.07) is -0.281. The lowest BCUT2D eigenvalue weighted by Gasteiger charge is -2.31. The van der Waals surface area contributed by atoms with Crippen molar-refractivity contribution >= 4 is 11.9 Å². The highest BCUT2D eigenvalue weighted by molar-refractivity contribution is 5.92. The van der Waals surface area contributed by atoms with Crippen LogP contribution in [0.4, 0.5) is 4.79 Å². The van der Waals surface area contributed by atoms with Gasteiger partial charge in [0.15, 0.2) is 12.4 Å². The molecule has 1 N–H and O–H groups in total. The van der Waals surface area contributed by atoms with Crippen LogP contribution in [0.15, 0.2) is 0 Å². The van der Waals surface area contributed by atoms with Gasteiger partial charge in [0.25, 0.3) is 0 Å². The van der Waals surface area contributed by atoms with Crippen molar-refractivity contribution in [3.05, 3.63) is 0 Å². The van der Waals surface area contributed by atoms with Gasteiger partial charge in [0.05, 0.1) is 6.04 Å². The minimum atomic E-state index is -0.444. The standard InChI is InChI=1S/C10H15NO3/c12-8-6-14-10(13)11-9(8)7-4-2-1-3-5-7/h7,9H,1-6H2,(H,11,13)/t9-/m0/s1. The quantitative estimate of drug-likeness (QED) is 0.688. The minimum Gasteiger partial charge on any atom is -0.441 e.